The molecule has 3 atom stereocenters. The van der Waals surface area contributed by atoms with Crippen LogP contribution in [0.4, 0.5) is 5.82 Å². The van der Waals surface area contributed by atoms with Crippen LogP contribution in [0.1, 0.15) is 48.7 Å². The third-order valence-corrected chi connectivity index (χ3v) is 5.94. The Balaban J connectivity index is 1.57. The number of hydrogen-bond donors (Lipinski definition) is 1. The second-order valence-corrected chi connectivity index (χ2v) is 7.71. The van der Waals surface area contributed by atoms with E-state index in [-0.39, 0.29) is 11.9 Å². The highest BCUT2D eigenvalue weighted by molar-refractivity contribution is 5.99. The molecule has 0 saturated heterocycles. The lowest BCUT2D eigenvalue weighted by molar-refractivity contribution is -0.00602. The minimum absolute atomic E-state index is 0.144. The maximum absolute atomic E-state index is 13.1. The van der Waals surface area contributed by atoms with Crippen LogP contribution in [0, 0.1) is 5.92 Å². The first-order valence-corrected chi connectivity index (χ1v) is 9.75. The molecule has 27 heavy (non-hydrogen) atoms. The van der Waals surface area contributed by atoms with Gasteiger partial charge in [0, 0.05) is 32.0 Å². The van der Waals surface area contributed by atoms with Crippen molar-refractivity contribution in [2.75, 3.05) is 11.4 Å². The molecule has 2 aromatic heterocycles. The molecular formula is C20H27N5O2. The summed E-state index contributed by atoms with van der Waals surface area (Å²) in [7, 11) is 1.84. The molecule has 0 aromatic carbocycles. The number of pyridine rings is 1. The molecule has 1 N–H and O–H groups in total. The molecule has 3 heterocycles. The van der Waals surface area contributed by atoms with Gasteiger partial charge in [0.1, 0.15) is 0 Å². The summed E-state index contributed by atoms with van der Waals surface area (Å²) in [4.78, 5) is 25.1. The Labute approximate surface area is 159 Å². The largest absolute Gasteiger partial charge is 0.356 e. The summed E-state index contributed by atoms with van der Waals surface area (Å²) in [5.74, 6) is 0.953. The van der Waals surface area contributed by atoms with Gasteiger partial charge in [-0.3, -0.25) is 14.7 Å². The average molecular weight is 369 g/mol. The fourth-order valence-corrected chi connectivity index (χ4v) is 4.44. The van der Waals surface area contributed by atoms with Crippen LogP contribution in [0.3, 0.4) is 0 Å². The van der Waals surface area contributed by atoms with Gasteiger partial charge in [-0.15, -0.1) is 0 Å². The van der Waals surface area contributed by atoms with Crippen molar-refractivity contribution >= 4 is 11.7 Å². The molecule has 0 spiro atoms. The molecule has 1 aliphatic heterocycles. The van der Waals surface area contributed by atoms with Crippen molar-refractivity contribution in [3.05, 3.63) is 42.1 Å². The van der Waals surface area contributed by atoms with Gasteiger partial charge in [0.15, 0.2) is 11.5 Å². The number of rotatable bonds is 5. The van der Waals surface area contributed by atoms with Crippen LogP contribution < -0.4 is 4.90 Å². The van der Waals surface area contributed by atoms with Crippen molar-refractivity contribution in [1.82, 2.24) is 19.4 Å². The molecule has 0 bridgehead atoms. The van der Waals surface area contributed by atoms with E-state index in [1.165, 1.54) is 5.56 Å². The van der Waals surface area contributed by atoms with E-state index in [1.54, 1.807) is 28.2 Å². The third-order valence-electron chi connectivity index (χ3n) is 5.94. The predicted octanol–water partition coefficient (Wildman–Crippen LogP) is 2.17. The fourth-order valence-electron chi connectivity index (χ4n) is 4.44. The summed E-state index contributed by atoms with van der Waals surface area (Å²) in [6, 6.07) is 4.19. The molecule has 1 aliphatic carbocycles. The highest BCUT2D eigenvalue weighted by Crippen LogP contribution is 2.38. The van der Waals surface area contributed by atoms with E-state index < -0.39 is 6.35 Å². The van der Waals surface area contributed by atoms with E-state index in [0.717, 1.165) is 32.1 Å². The smallest absolute Gasteiger partial charge is 0.277 e. The number of carbonyl (C=O) groups is 1. The standard InChI is InChI=1S/C20H27N5O2/c1-14-5-3-7-16(14)25-18-17(23(2)13-22-18)19(26)24(20(25)27)12-4-6-15-8-10-21-11-9-15/h8-11,13-14,16,20,27H,3-7,12H2,1-2H3/t14-,16?,20?/m1/s1. The number of hydrogen-bond acceptors (Lipinski definition) is 5. The lowest BCUT2D eigenvalue weighted by Crippen LogP contribution is -2.59. The molecule has 7 nitrogen and oxygen atoms in total. The predicted molar refractivity (Wildman–Crippen MR) is 102 cm³/mol. The number of fused-ring (bicyclic) bond motifs is 1. The van der Waals surface area contributed by atoms with Gasteiger partial charge in [0.25, 0.3) is 5.91 Å². The van der Waals surface area contributed by atoms with E-state index >= 15 is 0 Å². The van der Waals surface area contributed by atoms with Crippen LogP contribution in [0.2, 0.25) is 0 Å². The number of amides is 1. The van der Waals surface area contributed by atoms with Crippen molar-refractivity contribution in [1.29, 1.82) is 0 Å². The summed E-state index contributed by atoms with van der Waals surface area (Å²) in [5.41, 5.74) is 1.76. The normalized spacial score (nSPS) is 25.1. The van der Waals surface area contributed by atoms with Gasteiger partial charge < -0.3 is 14.6 Å². The maximum Gasteiger partial charge on any atom is 0.277 e. The average Bonchev–Trinajstić information content (AvgIpc) is 3.25. The maximum atomic E-state index is 13.1. The molecule has 7 heteroatoms. The minimum Gasteiger partial charge on any atom is -0.356 e. The quantitative estimate of drug-likeness (QED) is 0.874. The van der Waals surface area contributed by atoms with E-state index in [1.807, 2.05) is 24.1 Å². The van der Waals surface area contributed by atoms with E-state index in [0.29, 0.717) is 24.0 Å². The Bertz CT molecular complexity index is 806. The van der Waals surface area contributed by atoms with Gasteiger partial charge in [-0.25, -0.2) is 4.98 Å². The van der Waals surface area contributed by atoms with Gasteiger partial charge in [-0.05, 0) is 49.3 Å². The molecule has 1 amide bonds. The van der Waals surface area contributed by atoms with Gasteiger partial charge in [0.2, 0.25) is 6.35 Å². The highest BCUT2D eigenvalue weighted by Gasteiger charge is 2.44. The summed E-state index contributed by atoms with van der Waals surface area (Å²) in [6.45, 7) is 2.72. The van der Waals surface area contributed by atoms with Crippen molar-refractivity contribution in [2.24, 2.45) is 13.0 Å². The molecule has 144 valence electrons. The number of imidazole rings is 1. The van der Waals surface area contributed by atoms with Crippen LogP contribution >= 0.6 is 0 Å². The number of nitrogens with zero attached hydrogens (tertiary/aromatic N) is 5. The Morgan fingerprint density at radius 3 is 2.74 bits per heavy atom. The molecular weight excluding hydrogens is 342 g/mol. The van der Waals surface area contributed by atoms with Gasteiger partial charge in [-0.1, -0.05) is 13.3 Å². The number of anilines is 1. The first-order valence-electron chi connectivity index (χ1n) is 9.75. The molecule has 2 unspecified atom stereocenters. The van der Waals surface area contributed by atoms with E-state index in [2.05, 4.69) is 16.9 Å². The number of aryl methyl sites for hydroxylation is 2. The molecule has 2 aliphatic rings. The lowest BCUT2D eigenvalue weighted by atomic mass is 10.0. The van der Waals surface area contributed by atoms with Gasteiger partial charge in [0.05, 0.1) is 6.33 Å². The van der Waals surface area contributed by atoms with Crippen LogP contribution in [0.25, 0.3) is 0 Å². The summed E-state index contributed by atoms with van der Waals surface area (Å²) in [5, 5.41) is 11.1. The molecule has 4 rings (SSSR count). The Kier molecular flexibility index (Phi) is 4.86. The Morgan fingerprint density at radius 1 is 1.26 bits per heavy atom. The second kappa shape index (κ2) is 7.31. The number of aromatic nitrogens is 3. The van der Waals surface area contributed by atoms with E-state index in [4.69, 9.17) is 0 Å². The first-order chi connectivity index (χ1) is 13.1. The van der Waals surface area contributed by atoms with Crippen LogP contribution in [-0.2, 0) is 13.5 Å². The van der Waals surface area contributed by atoms with Crippen molar-refractivity contribution in [3.63, 3.8) is 0 Å². The molecule has 1 fully saturated rings. The van der Waals surface area contributed by atoms with Crippen molar-refractivity contribution in [3.8, 4) is 0 Å². The van der Waals surface area contributed by atoms with Crippen molar-refractivity contribution < 1.29 is 9.90 Å². The summed E-state index contributed by atoms with van der Waals surface area (Å²) < 4.78 is 1.77. The van der Waals surface area contributed by atoms with Gasteiger partial charge >= 0.3 is 0 Å². The second-order valence-electron chi connectivity index (χ2n) is 7.71. The lowest BCUT2D eigenvalue weighted by Gasteiger charge is -2.44. The third kappa shape index (κ3) is 3.20. The minimum atomic E-state index is -0.956. The van der Waals surface area contributed by atoms with Crippen LogP contribution in [-0.4, -0.2) is 49.4 Å². The molecule has 1 saturated carbocycles. The Hall–Kier alpha value is -2.41. The van der Waals surface area contributed by atoms with E-state index in [9.17, 15) is 9.90 Å². The highest BCUT2D eigenvalue weighted by atomic mass is 16.3. The fraction of sp³-hybridized carbons (Fsp3) is 0.550. The summed E-state index contributed by atoms with van der Waals surface area (Å²) >= 11 is 0. The number of carbonyl (C=O) groups excluding carboxylic acids is 1. The Morgan fingerprint density at radius 2 is 2.04 bits per heavy atom. The number of aliphatic hydroxyl groups is 1. The molecule has 0 radical (unpaired) electrons. The van der Waals surface area contributed by atoms with Gasteiger partial charge in [-0.2, -0.15) is 0 Å². The van der Waals surface area contributed by atoms with Crippen LogP contribution in [0.15, 0.2) is 30.9 Å². The topological polar surface area (TPSA) is 74.5 Å². The van der Waals surface area contributed by atoms with Crippen LogP contribution in [0.5, 0.6) is 0 Å². The number of aliphatic hydroxyl groups excluding tert-OH is 1. The monoisotopic (exact) mass is 369 g/mol. The molecule has 2 aromatic rings. The van der Waals surface area contributed by atoms with Crippen molar-refractivity contribution in [2.45, 2.75) is 51.4 Å². The zero-order valence-electron chi connectivity index (χ0n) is 16.0. The first kappa shape index (κ1) is 18.0. The summed E-state index contributed by atoms with van der Waals surface area (Å²) in [6.07, 6.45) is 9.21. The zero-order chi connectivity index (χ0) is 19.0. The SMILES string of the molecule is C[C@@H]1CCCC1N1c2ncn(C)c2C(=O)N(CCCc2ccncc2)C1O. The zero-order valence-corrected chi connectivity index (χ0v) is 16.0.